The highest BCUT2D eigenvalue weighted by Crippen LogP contribution is 2.34. The number of carbonyl (C=O) groups excluding carboxylic acids is 2. The first-order chi connectivity index (χ1) is 15.1. The fourth-order valence-electron chi connectivity index (χ4n) is 3.60. The second-order valence-corrected chi connectivity index (χ2v) is 9.95. The molecule has 1 aliphatic carbocycles. The number of allylic oxidation sites excluding steroid dienone is 1. The zero-order valence-corrected chi connectivity index (χ0v) is 19.2. The van der Waals surface area contributed by atoms with Crippen molar-refractivity contribution in [3.63, 3.8) is 0 Å². The van der Waals surface area contributed by atoms with Gasteiger partial charge in [0.2, 0.25) is 5.91 Å². The van der Waals surface area contributed by atoms with Crippen LogP contribution in [0.1, 0.15) is 25.7 Å². The Morgan fingerprint density at radius 1 is 1.32 bits per heavy atom. The van der Waals surface area contributed by atoms with E-state index < -0.39 is 11.9 Å². The Labute approximate surface area is 191 Å². The molecule has 0 bridgehead atoms. The van der Waals surface area contributed by atoms with Crippen LogP contribution in [0.15, 0.2) is 45.5 Å². The van der Waals surface area contributed by atoms with Gasteiger partial charge in [0, 0.05) is 28.4 Å². The van der Waals surface area contributed by atoms with Crippen LogP contribution in [-0.2, 0) is 11.3 Å². The minimum Gasteiger partial charge on any atom is -0.335 e. The fraction of sp³-hybridized carbons (Fsp3) is 0.333. The van der Waals surface area contributed by atoms with Gasteiger partial charge in [-0.3, -0.25) is 19.5 Å². The fourth-order valence-corrected chi connectivity index (χ4v) is 6.21. The van der Waals surface area contributed by atoms with Gasteiger partial charge in [0.1, 0.15) is 4.83 Å². The van der Waals surface area contributed by atoms with Gasteiger partial charge in [-0.25, -0.2) is 9.78 Å². The van der Waals surface area contributed by atoms with Crippen LogP contribution >= 0.6 is 34.4 Å². The molecule has 0 saturated heterocycles. The van der Waals surface area contributed by atoms with Crippen molar-refractivity contribution < 1.29 is 9.59 Å². The van der Waals surface area contributed by atoms with E-state index in [1.807, 2.05) is 22.9 Å². The third-order valence-corrected chi connectivity index (χ3v) is 7.78. The van der Waals surface area contributed by atoms with Crippen LogP contribution < -0.4 is 16.2 Å². The lowest BCUT2D eigenvalue weighted by molar-refractivity contribution is -0.117. The molecule has 0 spiro atoms. The van der Waals surface area contributed by atoms with Crippen molar-refractivity contribution in [2.24, 2.45) is 0 Å². The van der Waals surface area contributed by atoms with E-state index in [2.05, 4.69) is 22.2 Å². The number of thioether (sulfide) groups is 1. The Bertz CT molecular complexity index is 1160. The highest BCUT2D eigenvalue weighted by molar-refractivity contribution is 7.99. The van der Waals surface area contributed by atoms with Crippen LogP contribution in [-0.4, -0.2) is 33.3 Å². The topological polar surface area (TPSA) is 93.1 Å². The highest BCUT2D eigenvalue weighted by Gasteiger charge is 2.20. The molecule has 10 heteroatoms. The molecule has 0 unspecified atom stereocenters. The van der Waals surface area contributed by atoms with Crippen LogP contribution in [0.5, 0.6) is 0 Å². The number of hydrogen-bond acceptors (Lipinski definition) is 7. The average Bonchev–Trinajstić information content (AvgIpc) is 3.50. The summed E-state index contributed by atoms with van der Waals surface area (Å²) in [4.78, 5) is 43.8. The molecule has 0 atom stereocenters. The number of nitrogens with one attached hydrogen (secondary N) is 2. The third-order valence-electron chi connectivity index (χ3n) is 5.03. The standard InChI is InChI=1S/C21H22N4O3S3/c1-2-9-25-19(27)17-14(15-8-5-10-29-15)11-30-18(17)24-21(25)31-12-16(26)23-20(28)22-13-6-3-4-7-13/h2,5,8,10-11,13H,1,3-4,6-7,9,12H2,(H2,22,23,26,28). The van der Waals surface area contributed by atoms with E-state index in [0.717, 1.165) is 47.9 Å². The van der Waals surface area contributed by atoms with Crippen molar-refractivity contribution in [2.45, 2.75) is 43.4 Å². The molecule has 0 aromatic carbocycles. The molecule has 1 fully saturated rings. The number of fused-ring (bicyclic) bond motifs is 1. The van der Waals surface area contributed by atoms with E-state index >= 15 is 0 Å². The summed E-state index contributed by atoms with van der Waals surface area (Å²) in [7, 11) is 0. The van der Waals surface area contributed by atoms with E-state index in [1.54, 1.807) is 17.4 Å². The van der Waals surface area contributed by atoms with Gasteiger partial charge >= 0.3 is 6.03 Å². The van der Waals surface area contributed by atoms with Crippen LogP contribution in [0.2, 0.25) is 0 Å². The maximum Gasteiger partial charge on any atom is 0.321 e. The van der Waals surface area contributed by atoms with Gasteiger partial charge in [0.25, 0.3) is 5.56 Å². The maximum absolute atomic E-state index is 13.2. The van der Waals surface area contributed by atoms with Gasteiger partial charge < -0.3 is 5.32 Å². The predicted molar refractivity (Wildman–Crippen MR) is 127 cm³/mol. The molecule has 162 valence electrons. The van der Waals surface area contributed by atoms with Crippen LogP contribution in [0.4, 0.5) is 4.79 Å². The van der Waals surface area contributed by atoms with Crippen molar-refractivity contribution in [3.05, 3.63) is 45.9 Å². The van der Waals surface area contributed by atoms with Crippen molar-refractivity contribution >= 4 is 56.6 Å². The summed E-state index contributed by atoms with van der Waals surface area (Å²) in [6, 6.07) is 3.60. The lowest BCUT2D eigenvalue weighted by atomic mass is 10.2. The zero-order valence-electron chi connectivity index (χ0n) is 16.8. The quantitative estimate of drug-likeness (QED) is 0.304. The number of rotatable bonds is 7. The zero-order chi connectivity index (χ0) is 21.8. The minimum atomic E-state index is -0.469. The molecule has 3 aromatic rings. The van der Waals surface area contributed by atoms with Crippen molar-refractivity contribution in [2.75, 3.05) is 5.75 Å². The molecular weight excluding hydrogens is 452 g/mol. The number of hydrogen-bond donors (Lipinski definition) is 2. The normalized spacial score (nSPS) is 14.1. The number of amides is 3. The van der Waals surface area contributed by atoms with Gasteiger partial charge in [0.05, 0.1) is 11.1 Å². The van der Waals surface area contributed by atoms with E-state index in [-0.39, 0.29) is 23.9 Å². The molecule has 3 aromatic heterocycles. The number of thiophene rings is 2. The maximum atomic E-state index is 13.2. The van der Waals surface area contributed by atoms with Crippen molar-refractivity contribution in [3.8, 4) is 10.4 Å². The van der Waals surface area contributed by atoms with Crippen molar-refractivity contribution in [1.29, 1.82) is 0 Å². The number of urea groups is 1. The summed E-state index contributed by atoms with van der Waals surface area (Å²) in [5, 5.41) is 10.1. The SMILES string of the molecule is C=CCn1c(SCC(=O)NC(=O)NC2CCCC2)nc2scc(-c3cccs3)c2c1=O. The van der Waals surface area contributed by atoms with E-state index in [4.69, 9.17) is 0 Å². The van der Waals surface area contributed by atoms with Gasteiger partial charge in [0.15, 0.2) is 5.16 Å². The minimum absolute atomic E-state index is 0.0175. The van der Waals surface area contributed by atoms with Gasteiger partial charge in [-0.15, -0.1) is 29.3 Å². The van der Waals surface area contributed by atoms with Crippen LogP contribution in [0.3, 0.4) is 0 Å². The lowest BCUT2D eigenvalue weighted by Crippen LogP contribution is -2.44. The molecule has 1 saturated carbocycles. The summed E-state index contributed by atoms with van der Waals surface area (Å²) < 4.78 is 1.52. The molecule has 7 nitrogen and oxygen atoms in total. The summed E-state index contributed by atoms with van der Waals surface area (Å²) in [5.74, 6) is -0.443. The molecule has 0 radical (unpaired) electrons. The Morgan fingerprint density at radius 3 is 2.84 bits per heavy atom. The molecule has 2 N–H and O–H groups in total. The first-order valence-electron chi connectivity index (χ1n) is 9.96. The predicted octanol–water partition coefficient (Wildman–Crippen LogP) is 4.23. The molecule has 31 heavy (non-hydrogen) atoms. The second-order valence-electron chi connectivity index (χ2n) is 7.20. The Kier molecular flexibility index (Phi) is 6.89. The molecule has 4 rings (SSSR count). The van der Waals surface area contributed by atoms with Gasteiger partial charge in [-0.2, -0.15) is 0 Å². The lowest BCUT2D eigenvalue weighted by Gasteiger charge is -2.13. The largest absolute Gasteiger partial charge is 0.335 e. The molecule has 1 aliphatic rings. The Hall–Kier alpha value is -2.43. The Balaban J connectivity index is 1.51. The molecule has 0 aliphatic heterocycles. The summed E-state index contributed by atoms with van der Waals surface area (Å²) >= 11 is 4.12. The smallest absolute Gasteiger partial charge is 0.321 e. The van der Waals surface area contributed by atoms with Gasteiger partial charge in [-0.05, 0) is 24.3 Å². The molecule has 3 amide bonds. The summed E-state index contributed by atoms with van der Waals surface area (Å²) in [5.41, 5.74) is 0.722. The summed E-state index contributed by atoms with van der Waals surface area (Å²) in [6.45, 7) is 4.02. The van der Waals surface area contributed by atoms with E-state index in [9.17, 15) is 14.4 Å². The first kappa shape index (κ1) is 21.8. The summed E-state index contributed by atoms with van der Waals surface area (Å²) in [6.07, 6.45) is 5.72. The number of nitrogens with zero attached hydrogens (tertiary/aromatic N) is 2. The van der Waals surface area contributed by atoms with E-state index in [0.29, 0.717) is 15.4 Å². The monoisotopic (exact) mass is 474 g/mol. The molecular formula is C21H22N4O3S3. The number of aromatic nitrogens is 2. The van der Waals surface area contributed by atoms with E-state index in [1.165, 1.54) is 15.9 Å². The Morgan fingerprint density at radius 2 is 2.13 bits per heavy atom. The third kappa shape index (κ3) is 4.91. The van der Waals surface area contributed by atoms with Gasteiger partial charge in [-0.1, -0.05) is 36.7 Å². The van der Waals surface area contributed by atoms with Crippen LogP contribution in [0, 0.1) is 0 Å². The average molecular weight is 475 g/mol. The number of carbonyl (C=O) groups is 2. The van der Waals surface area contributed by atoms with Crippen LogP contribution in [0.25, 0.3) is 20.7 Å². The molecule has 3 heterocycles. The number of imide groups is 1. The second kappa shape index (κ2) is 9.80. The first-order valence-corrected chi connectivity index (χ1v) is 12.7. The van der Waals surface area contributed by atoms with Crippen molar-refractivity contribution in [1.82, 2.24) is 20.2 Å². The highest BCUT2D eigenvalue weighted by atomic mass is 32.2.